The number of ether oxygens (including phenoxy) is 1. The average molecular weight is 328 g/mol. The number of likely N-dealkylation sites (tertiary alicyclic amines) is 1. The van der Waals surface area contributed by atoms with Crippen LogP contribution in [0.2, 0.25) is 0 Å². The first-order valence-corrected chi connectivity index (χ1v) is 8.36. The van der Waals surface area contributed by atoms with E-state index >= 15 is 0 Å². The molecule has 1 aromatic heterocycles. The lowest BCUT2D eigenvalue weighted by molar-refractivity contribution is 0.0666. The van der Waals surface area contributed by atoms with Gasteiger partial charge in [-0.1, -0.05) is 18.2 Å². The summed E-state index contributed by atoms with van der Waals surface area (Å²) in [5.74, 6) is 1.76. The first kappa shape index (κ1) is 16.6. The van der Waals surface area contributed by atoms with Crippen LogP contribution in [-0.4, -0.2) is 45.8 Å². The second-order valence-corrected chi connectivity index (χ2v) is 6.29. The van der Waals surface area contributed by atoms with E-state index in [4.69, 9.17) is 4.74 Å². The van der Waals surface area contributed by atoms with Crippen molar-refractivity contribution in [3.8, 4) is 0 Å². The summed E-state index contributed by atoms with van der Waals surface area (Å²) in [6.45, 7) is 5.76. The fourth-order valence-corrected chi connectivity index (χ4v) is 3.40. The third kappa shape index (κ3) is 3.33. The summed E-state index contributed by atoms with van der Waals surface area (Å²) in [6, 6.07) is 7.86. The summed E-state index contributed by atoms with van der Waals surface area (Å²) >= 11 is 0. The van der Waals surface area contributed by atoms with E-state index in [0.717, 1.165) is 42.2 Å². The Kier molecular flexibility index (Phi) is 4.94. The van der Waals surface area contributed by atoms with Crippen LogP contribution >= 0.6 is 0 Å². The van der Waals surface area contributed by atoms with Gasteiger partial charge in [-0.3, -0.25) is 4.79 Å². The standard InChI is InChI=1S/C18H24N4O2/c1-13-19-14(2)22(20-13)16-8-6-10-21(11-16)18(23)17-9-5-4-7-15(17)12-24-3/h4-5,7,9,16H,6,8,10-12H2,1-3H3/t16-/m1/s1. The molecule has 0 bridgehead atoms. The molecule has 6 heteroatoms. The van der Waals surface area contributed by atoms with Crippen molar-refractivity contribution in [3.63, 3.8) is 0 Å². The predicted octanol–water partition coefficient (Wildman–Crippen LogP) is 2.52. The highest BCUT2D eigenvalue weighted by Gasteiger charge is 2.28. The molecule has 0 N–H and O–H groups in total. The van der Waals surface area contributed by atoms with Crippen LogP contribution in [0.5, 0.6) is 0 Å². The monoisotopic (exact) mass is 328 g/mol. The van der Waals surface area contributed by atoms with Crippen LogP contribution in [0, 0.1) is 13.8 Å². The van der Waals surface area contributed by atoms with Crippen LogP contribution in [0.1, 0.15) is 46.5 Å². The Labute approximate surface area is 142 Å². The van der Waals surface area contributed by atoms with Crippen LogP contribution in [0.25, 0.3) is 0 Å². The molecule has 0 spiro atoms. The highest BCUT2D eigenvalue weighted by Crippen LogP contribution is 2.24. The number of carbonyl (C=O) groups excluding carboxylic acids is 1. The van der Waals surface area contributed by atoms with E-state index in [1.807, 2.05) is 47.7 Å². The number of aryl methyl sites for hydroxylation is 2. The van der Waals surface area contributed by atoms with Crippen molar-refractivity contribution in [1.29, 1.82) is 0 Å². The Morgan fingerprint density at radius 1 is 1.33 bits per heavy atom. The molecule has 0 unspecified atom stereocenters. The molecule has 2 aromatic rings. The zero-order valence-electron chi connectivity index (χ0n) is 14.5. The van der Waals surface area contributed by atoms with E-state index in [1.54, 1.807) is 7.11 Å². The van der Waals surface area contributed by atoms with Gasteiger partial charge in [-0.2, -0.15) is 5.10 Å². The molecule has 1 fully saturated rings. The van der Waals surface area contributed by atoms with E-state index in [-0.39, 0.29) is 11.9 Å². The molecule has 128 valence electrons. The minimum absolute atomic E-state index is 0.0711. The summed E-state index contributed by atoms with van der Waals surface area (Å²) in [5, 5.41) is 4.49. The van der Waals surface area contributed by atoms with Gasteiger partial charge in [-0.05, 0) is 38.3 Å². The van der Waals surface area contributed by atoms with Crippen molar-refractivity contribution in [2.45, 2.75) is 39.3 Å². The van der Waals surface area contributed by atoms with E-state index in [0.29, 0.717) is 13.2 Å². The number of carbonyl (C=O) groups is 1. The number of rotatable bonds is 4. The number of benzene rings is 1. The Balaban J connectivity index is 1.80. The summed E-state index contributed by atoms with van der Waals surface area (Å²) in [5.41, 5.74) is 1.66. The Morgan fingerprint density at radius 3 is 2.83 bits per heavy atom. The first-order valence-electron chi connectivity index (χ1n) is 8.36. The summed E-state index contributed by atoms with van der Waals surface area (Å²) < 4.78 is 7.19. The molecule has 1 saturated heterocycles. The highest BCUT2D eigenvalue weighted by atomic mass is 16.5. The third-order valence-electron chi connectivity index (χ3n) is 4.48. The van der Waals surface area contributed by atoms with E-state index in [1.165, 1.54) is 0 Å². The second-order valence-electron chi connectivity index (χ2n) is 6.29. The van der Waals surface area contributed by atoms with Gasteiger partial charge in [0, 0.05) is 25.8 Å². The molecular weight excluding hydrogens is 304 g/mol. The van der Waals surface area contributed by atoms with Gasteiger partial charge in [-0.15, -0.1) is 0 Å². The van der Waals surface area contributed by atoms with Gasteiger partial charge < -0.3 is 9.64 Å². The molecule has 2 heterocycles. The highest BCUT2D eigenvalue weighted by molar-refractivity contribution is 5.95. The molecule has 1 aromatic carbocycles. The number of hydrogen-bond acceptors (Lipinski definition) is 4. The molecule has 3 rings (SSSR count). The van der Waals surface area contributed by atoms with Gasteiger partial charge in [0.1, 0.15) is 11.6 Å². The summed E-state index contributed by atoms with van der Waals surface area (Å²) in [4.78, 5) is 19.3. The largest absolute Gasteiger partial charge is 0.380 e. The molecular formula is C18H24N4O2. The fourth-order valence-electron chi connectivity index (χ4n) is 3.40. The van der Waals surface area contributed by atoms with Crippen molar-refractivity contribution in [1.82, 2.24) is 19.7 Å². The topological polar surface area (TPSA) is 60.2 Å². The quantitative estimate of drug-likeness (QED) is 0.865. The van der Waals surface area contributed by atoms with E-state index < -0.39 is 0 Å². The number of aromatic nitrogens is 3. The predicted molar refractivity (Wildman–Crippen MR) is 90.8 cm³/mol. The molecule has 0 saturated carbocycles. The zero-order chi connectivity index (χ0) is 17.1. The maximum absolute atomic E-state index is 13.0. The lowest BCUT2D eigenvalue weighted by atomic mass is 10.0. The summed E-state index contributed by atoms with van der Waals surface area (Å²) in [6.07, 6.45) is 1.99. The maximum Gasteiger partial charge on any atom is 0.254 e. The van der Waals surface area contributed by atoms with Crippen LogP contribution in [-0.2, 0) is 11.3 Å². The Morgan fingerprint density at radius 2 is 2.12 bits per heavy atom. The second kappa shape index (κ2) is 7.13. The van der Waals surface area contributed by atoms with Gasteiger partial charge in [0.25, 0.3) is 5.91 Å². The molecule has 1 aliphatic heterocycles. The van der Waals surface area contributed by atoms with Gasteiger partial charge >= 0.3 is 0 Å². The van der Waals surface area contributed by atoms with E-state index in [9.17, 15) is 4.79 Å². The fraction of sp³-hybridized carbons (Fsp3) is 0.500. The maximum atomic E-state index is 13.0. The number of nitrogens with zero attached hydrogens (tertiary/aromatic N) is 4. The minimum Gasteiger partial charge on any atom is -0.380 e. The summed E-state index contributed by atoms with van der Waals surface area (Å²) in [7, 11) is 1.65. The average Bonchev–Trinajstić information content (AvgIpc) is 2.93. The van der Waals surface area contributed by atoms with Gasteiger partial charge in [-0.25, -0.2) is 9.67 Å². The number of hydrogen-bond donors (Lipinski definition) is 0. The molecule has 0 aliphatic carbocycles. The SMILES string of the molecule is COCc1ccccc1C(=O)N1CCC[C@@H](n2nc(C)nc2C)C1. The smallest absolute Gasteiger partial charge is 0.254 e. The lowest BCUT2D eigenvalue weighted by Gasteiger charge is -2.33. The lowest BCUT2D eigenvalue weighted by Crippen LogP contribution is -2.41. The third-order valence-corrected chi connectivity index (χ3v) is 4.48. The minimum atomic E-state index is 0.0711. The molecule has 1 aliphatic rings. The first-order chi connectivity index (χ1) is 11.6. The van der Waals surface area contributed by atoms with Gasteiger partial charge in [0.2, 0.25) is 0 Å². The molecule has 6 nitrogen and oxygen atoms in total. The number of methoxy groups -OCH3 is 1. The van der Waals surface area contributed by atoms with Crippen LogP contribution in [0.3, 0.4) is 0 Å². The molecule has 0 radical (unpaired) electrons. The van der Waals surface area contributed by atoms with Crippen molar-refractivity contribution in [3.05, 3.63) is 47.0 Å². The van der Waals surface area contributed by atoms with Crippen LogP contribution in [0.4, 0.5) is 0 Å². The normalized spacial score (nSPS) is 18.0. The van der Waals surface area contributed by atoms with Crippen molar-refractivity contribution < 1.29 is 9.53 Å². The van der Waals surface area contributed by atoms with E-state index in [2.05, 4.69) is 10.1 Å². The van der Waals surface area contributed by atoms with Crippen molar-refractivity contribution in [2.75, 3.05) is 20.2 Å². The van der Waals surface area contributed by atoms with Gasteiger partial charge in [0.15, 0.2) is 0 Å². The van der Waals surface area contributed by atoms with Crippen LogP contribution < -0.4 is 0 Å². The van der Waals surface area contributed by atoms with Crippen molar-refractivity contribution in [2.24, 2.45) is 0 Å². The molecule has 24 heavy (non-hydrogen) atoms. The molecule has 1 amide bonds. The Bertz CT molecular complexity index is 726. The zero-order valence-corrected chi connectivity index (χ0v) is 14.5. The molecule has 1 atom stereocenters. The van der Waals surface area contributed by atoms with Gasteiger partial charge in [0.05, 0.1) is 12.6 Å². The number of piperidine rings is 1. The Hall–Kier alpha value is -2.21. The van der Waals surface area contributed by atoms with Crippen molar-refractivity contribution >= 4 is 5.91 Å². The number of amides is 1. The van der Waals surface area contributed by atoms with Crippen LogP contribution in [0.15, 0.2) is 24.3 Å².